The van der Waals surface area contributed by atoms with Gasteiger partial charge in [-0.2, -0.15) is 0 Å². The van der Waals surface area contributed by atoms with Gasteiger partial charge < -0.3 is 15.4 Å². The molecule has 0 spiro atoms. The molecule has 0 unspecified atom stereocenters. The van der Waals surface area contributed by atoms with Gasteiger partial charge in [0.25, 0.3) is 0 Å². The molecule has 5 nitrogen and oxygen atoms in total. The maximum absolute atomic E-state index is 12.9. The molecule has 2 aromatic rings. The highest BCUT2D eigenvalue weighted by molar-refractivity contribution is 5.95. The predicted molar refractivity (Wildman–Crippen MR) is 53.3 cm³/mol. The number of rotatable bonds is 2. The van der Waals surface area contributed by atoms with Gasteiger partial charge in [-0.25, -0.2) is 9.18 Å². The van der Waals surface area contributed by atoms with Gasteiger partial charge in [0, 0.05) is 11.6 Å². The van der Waals surface area contributed by atoms with Crippen molar-refractivity contribution in [1.82, 2.24) is 5.16 Å². The molecule has 0 aliphatic carbocycles. The summed E-state index contributed by atoms with van der Waals surface area (Å²) in [6.45, 7) is 0. The van der Waals surface area contributed by atoms with Crippen molar-refractivity contribution in [3.8, 4) is 11.3 Å². The van der Waals surface area contributed by atoms with Gasteiger partial charge in [0.15, 0.2) is 11.6 Å². The summed E-state index contributed by atoms with van der Waals surface area (Å²) in [5, 5.41) is 12.3. The minimum absolute atomic E-state index is 0.135. The first kappa shape index (κ1) is 10.2. The number of nitrogen functional groups attached to an aromatic ring is 1. The zero-order valence-corrected chi connectivity index (χ0v) is 7.98. The number of halogens is 1. The molecule has 0 aliphatic heterocycles. The van der Waals surface area contributed by atoms with Crippen molar-refractivity contribution < 1.29 is 18.8 Å². The average molecular weight is 222 g/mol. The van der Waals surface area contributed by atoms with Crippen LogP contribution in [0.2, 0.25) is 0 Å². The van der Waals surface area contributed by atoms with Crippen molar-refractivity contribution in [3.05, 3.63) is 35.6 Å². The van der Waals surface area contributed by atoms with Gasteiger partial charge in [0.2, 0.25) is 0 Å². The Kier molecular flexibility index (Phi) is 2.32. The Morgan fingerprint density at radius 3 is 2.75 bits per heavy atom. The number of aromatic carboxylic acids is 1. The molecule has 0 atom stereocenters. The number of anilines is 1. The second-order valence-corrected chi connectivity index (χ2v) is 3.11. The van der Waals surface area contributed by atoms with E-state index in [4.69, 9.17) is 15.4 Å². The van der Waals surface area contributed by atoms with Crippen LogP contribution in [-0.2, 0) is 0 Å². The topological polar surface area (TPSA) is 89.4 Å². The molecule has 2 rings (SSSR count). The van der Waals surface area contributed by atoms with Crippen molar-refractivity contribution in [3.63, 3.8) is 0 Å². The summed E-state index contributed by atoms with van der Waals surface area (Å²) in [6.07, 6.45) is 0. The van der Waals surface area contributed by atoms with Gasteiger partial charge >= 0.3 is 5.97 Å². The monoisotopic (exact) mass is 222 g/mol. The first-order valence-corrected chi connectivity index (χ1v) is 4.33. The number of nitrogens with two attached hydrogens (primary N) is 1. The van der Waals surface area contributed by atoms with E-state index in [0.717, 1.165) is 12.1 Å². The fraction of sp³-hybridized carbons (Fsp3) is 0. The van der Waals surface area contributed by atoms with Crippen LogP contribution >= 0.6 is 0 Å². The van der Waals surface area contributed by atoms with Crippen LogP contribution in [0.3, 0.4) is 0 Å². The third-order valence-corrected chi connectivity index (χ3v) is 2.01. The Bertz CT molecular complexity index is 551. The number of carboxylic acid groups (broad SMARTS) is 1. The third kappa shape index (κ3) is 1.72. The van der Waals surface area contributed by atoms with Crippen LogP contribution in [0.5, 0.6) is 0 Å². The molecular weight excluding hydrogens is 215 g/mol. The maximum atomic E-state index is 12.9. The molecule has 1 heterocycles. The van der Waals surface area contributed by atoms with Crippen LogP contribution in [-0.4, -0.2) is 16.2 Å². The molecule has 0 aliphatic rings. The lowest BCUT2D eigenvalue weighted by atomic mass is 10.1. The van der Waals surface area contributed by atoms with Crippen LogP contribution in [0.1, 0.15) is 10.4 Å². The fourth-order valence-corrected chi connectivity index (χ4v) is 1.32. The van der Waals surface area contributed by atoms with Gasteiger partial charge in [0.1, 0.15) is 5.82 Å². The lowest BCUT2D eigenvalue weighted by molar-refractivity contribution is 0.0697. The summed E-state index contributed by atoms with van der Waals surface area (Å²) in [5.74, 6) is -1.55. The fourth-order valence-electron chi connectivity index (χ4n) is 1.32. The van der Waals surface area contributed by atoms with Crippen LogP contribution in [0.25, 0.3) is 11.3 Å². The summed E-state index contributed by atoms with van der Waals surface area (Å²) < 4.78 is 17.7. The highest BCUT2D eigenvalue weighted by Gasteiger charge is 2.16. The Labute approximate surface area is 89.3 Å². The number of hydrogen-bond acceptors (Lipinski definition) is 4. The summed E-state index contributed by atoms with van der Waals surface area (Å²) in [7, 11) is 0. The molecule has 0 saturated carbocycles. The lowest BCUT2D eigenvalue weighted by Crippen LogP contribution is -1.99. The highest BCUT2D eigenvalue weighted by Crippen LogP contribution is 2.25. The van der Waals surface area contributed by atoms with E-state index in [-0.39, 0.29) is 22.7 Å². The molecule has 82 valence electrons. The van der Waals surface area contributed by atoms with Crippen molar-refractivity contribution >= 4 is 11.8 Å². The first-order chi connectivity index (χ1) is 7.58. The second-order valence-electron chi connectivity index (χ2n) is 3.11. The van der Waals surface area contributed by atoms with E-state index in [9.17, 15) is 9.18 Å². The number of carbonyl (C=O) groups is 1. The summed E-state index contributed by atoms with van der Waals surface area (Å²) in [4.78, 5) is 10.9. The molecule has 16 heavy (non-hydrogen) atoms. The molecule has 0 saturated heterocycles. The minimum atomic E-state index is -1.25. The minimum Gasteiger partial charge on any atom is -0.478 e. The van der Waals surface area contributed by atoms with E-state index in [0.29, 0.717) is 0 Å². The van der Waals surface area contributed by atoms with E-state index < -0.39 is 11.8 Å². The van der Waals surface area contributed by atoms with Gasteiger partial charge in [0.05, 0.1) is 5.56 Å². The van der Waals surface area contributed by atoms with E-state index in [1.807, 2.05) is 0 Å². The van der Waals surface area contributed by atoms with Crippen LogP contribution in [0.15, 0.2) is 28.8 Å². The second kappa shape index (κ2) is 3.65. The molecule has 0 radical (unpaired) electrons. The van der Waals surface area contributed by atoms with E-state index >= 15 is 0 Å². The highest BCUT2D eigenvalue weighted by atomic mass is 19.1. The van der Waals surface area contributed by atoms with Crippen molar-refractivity contribution in [1.29, 1.82) is 0 Å². The predicted octanol–water partition coefficient (Wildman–Crippen LogP) is 1.76. The van der Waals surface area contributed by atoms with Gasteiger partial charge in [-0.3, -0.25) is 0 Å². The van der Waals surface area contributed by atoms with Crippen LogP contribution < -0.4 is 5.73 Å². The van der Waals surface area contributed by atoms with Crippen molar-refractivity contribution in [2.45, 2.75) is 0 Å². The molecule has 1 aromatic carbocycles. The molecule has 6 heteroatoms. The van der Waals surface area contributed by atoms with Crippen LogP contribution in [0, 0.1) is 5.82 Å². The molecule has 0 amide bonds. The first-order valence-electron chi connectivity index (χ1n) is 4.33. The molecule has 1 aromatic heterocycles. The van der Waals surface area contributed by atoms with Gasteiger partial charge in [-0.05, 0) is 18.2 Å². The Balaban J connectivity index is 2.60. The SMILES string of the molecule is Nc1cc(-c2ccc(F)cc2C(=O)O)on1. The Hall–Kier alpha value is -2.37. The van der Waals surface area contributed by atoms with Crippen molar-refractivity contribution in [2.75, 3.05) is 5.73 Å². The molecule has 3 N–H and O–H groups in total. The number of benzene rings is 1. The maximum Gasteiger partial charge on any atom is 0.336 e. The quantitative estimate of drug-likeness (QED) is 0.808. The summed E-state index contributed by atoms with van der Waals surface area (Å²) in [5.41, 5.74) is 5.38. The number of carboxylic acids is 1. The van der Waals surface area contributed by atoms with Crippen LogP contribution in [0.4, 0.5) is 10.2 Å². The van der Waals surface area contributed by atoms with Crippen molar-refractivity contribution in [2.24, 2.45) is 0 Å². The molecule has 0 bridgehead atoms. The van der Waals surface area contributed by atoms with E-state index in [1.165, 1.54) is 12.1 Å². The van der Waals surface area contributed by atoms with Gasteiger partial charge in [-0.1, -0.05) is 5.16 Å². The third-order valence-electron chi connectivity index (χ3n) is 2.01. The average Bonchev–Trinajstić information content (AvgIpc) is 2.64. The Morgan fingerprint density at radius 1 is 1.44 bits per heavy atom. The standard InChI is InChI=1S/C10H7FN2O3/c11-5-1-2-6(7(3-5)10(14)15)8-4-9(12)13-16-8/h1-4H,(H2,12,13)(H,14,15). The Morgan fingerprint density at radius 2 is 2.19 bits per heavy atom. The summed E-state index contributed by atoms with van der Waals surface area (Å²) >= 11 is 0. The number of aromatic nitrogens is 1. The number of hydrogen-bond donors (Lipinski definition) is 2. The summed E-state index contributed by atoms with van der Waals surface area (Å²) in [6, 6.07) is 4.73. The van der Waals surface area contributed by atoms with E-state index in [2.05, 4.69) is 5.16 Å². The smallest absolute Gasteiger partial charge is 0.336 e. The normalized spacial score (nSPS) is 10.3. The van der Waals surface area contributed by atoms with Gasteiger partial charge in [-0.15, -0.1) is 0 Å². The zero-order valence-electron chi connectivity index (χ0n) is 7.98. The molecular formula is C10H7FN2O3. The number of nitrogens with zero attached hydrogens (tertiary/aromatic N) is 1. The zero-order chi connectivity index (χ0) is 11.7. The lowest BCUT2D eigenvalue weighted by Gasteiger charge is -2.01. The molecule has 0 fully saturated rings. The largest absolute Gasteiger partial charge is 0.478 e. The van der Waals surface area contributed by atoms with E-state index in [1.54, 1.807) is 0 Å².